The van der Waals surface area contributed by atoms with Crippen LogP contribution in [0.25, 0.3) is 0 Å². The molecule has 0 aromatic heterocycles. The summed E-state index contributed by atoms with van der Waals surface area (Å²) >= 11 is 13.4. The molecule has 16 heavy (non-hydrogen) atoms. The van der Waals surface area contributed by atoms with Crippen LogP contribution in [0.2, 0.25) is 10.0 Å². The quantitative estimate of drug-likeness (QED) is 0.658. The van der Waals surface area contributed by atoms with Crippen LogP contribution < -0.4 is 11.1 Å². The third-order valence-corrected chi connectivity index (χ3v) is 3.30. The third-order valence-electron chi connectivity index (χ3n) is 1.89. The fraction of sp³-hybridized carbons (Fsp3) is 0.300. The van der Waals surface area contributed by atoms with Gasteiger partial charge >= 0.3 is 0 Å². The number of benzene rings is 1. The minimum absolute atomic E-state index is 0.234. The summed E-state index contributed by atoms with van der Waals surface area (Å²) in [5, 5.41) is 3.26. The van der Waals surface area contributed by atoms with Crippen LogP contribution >= 0.6 is 35.0 Å². The predicted molar refractivity (Wildman–Crippen MR) is 71.6 cm³/mol. The first kappa shape index (κ1) is 13.5. The molecule has 1 aromatic carbocycles. The molecule has 1 rings (SSSR count). The molecule has 0 unspecified atom stereocenters. The highest BCUT2D eigenvalue weighted by molar-refractivity contribution is 7.98. The number of carbonyl (C=O) groups excluding carboxylic acids is 1. The first-order chi connectivity index (χ1) is 7.56. The van der Waals surface area contributed by atoms with Crippen molar-refractivity contribution >= 4 is 46.6 Å². The van der Waals surface area contributed by atoms with E-state index in [1.807, 2.05) is 6.26 Å². The molecule has 0 saturated carbocycles. The number of hydrogen-bond acceptors (Lipinski definition) is 3. The van der Waals surface area contributed by atoms with Crippen LogP contribution in [0.4, 0.5) is 5.69 Å². The van der Waals surface area contributed by atoms with Crippen molar-refractivity contribution in [3.8, 4) is 0 Å². The van der Waals surface area contributed by atoms with Crippen molar-refractivity contribution in [2.75, 3.05) is 24.3 Å². The van der Waals surface area contributed by atoms with E-state index in [1.165, 1.54) is 12.1 Å². The van der Waals surface area contributed by atoms with E-state index in [0.29, 0.717) is 17.8 Å². The first-order valence-electron chi connectivity index (χ1n) is 4.58. The van der Waals surface area contributed by atoms with Crippen LogP contribution in [-0.4, -0.2) is 24.5 Å². The number of nitrogen functional groups attached to an aromatic ring is 1. The average Bonchev–Trinajstić information content (AvgIpc) is 2.23. The zero-order valence-corrected chi connectivity index (χ0v) is 11.0. The Labute approximate surface area is 109 Å². The van der Waals surface area contributed by atoms with Crippen molar-refractivity contribution in [1.29, 1.82) is 0 Å². The molecule has 3 N–H and O–H groups in total. The Morgan fingerprint density at radius 3 is 2.81 bits per heavy atom. The van der Waals surface area contributed by atoms with E-state index in [0.717, 1.165) is 5.75 Å². The number of carbonyl (C=O) groups is 1. The number of rotatable bonds is 4. The lowest BCUT2D eigenvalue weighted by Gasteiger charge is -2.08. The van der Waals surface area contributed by atoms with Crippen LogP contribution in [0.3, 0.4) is 0 Å². The summed E-state index contributed by atoms with van der Waals surface area (Å²) in [6.45, 7) is 0.586. The number of anilines is 1. The summed E-state index contributed by atoms with van der Waals surface area (Å²) in [5.74, 6) is 0.590. The Kier molecular flexibility index (Phi) is 5.25. The topological polar surface area (TPSA) is 55.1 Å². The molecule has 0 aliphatic carbocycles. The van der Waals surface area contributed by atoms with Gasteiger partial charge < -0.3 is 11.1 Å². The van der Waals surface area contributed by atoms with Gasteiger partial charge in [0.15, 0.2) is 0 Å². The van der Waals surface area contributed by atoms with Gasteiger partial charge in [0, 0.05) is 18.0 Å². The Morgan fingerprint density at radius 1 is 1.50 bits per heavy atom. The van der Waals surface area contributed by atoms with Gasteiger partial charge in [0.2, 0.25) is 0 Å². The third kappa shape index (κ3) is 3.47. The van der Waals surface area contributed by atoms with E-state index in [2.05, 4.69) is 5.32 Å². The van der Waals surface area contributed by atoms with Crippen LogP contribution in [0.15, 0.2) is 12.1 Å². The van der Waals surface area contributed by atoms with E-state index >= 15 is 0 Å². The fourth-order valence-electron chi connectivity index (χ4n) is 1.14. The maximum Gasteiger partial charge on any atom is 0.252 e. The van der Waals surface area contributed by atoms with Crippen molar-refractivity contribution in [2.24, 2.45) is 0 Å². The fourth-order valence-corrected chi connectivity index (χ4v) is 1.87. The molecule has 0 aliphatic heterocycles. The molecule has 88 valence electrons. The summed E-state index contributed by atoms with van der Waals surface area (Å²) in [6, 6.07) is 3.03. The molecule has 0 bridgehead atoms. The molecule has 0 aliphatic rings. The highest BCUT2D eigenvalue weighted by atomic mass is 35.5. The van der Waals surface area contributed by atoms with Crippen molar-refractivity contribution < 1.29 is 4.79 Å². The van der Waals surface area contributed by atoms with Gasteiger partial charge in [0.25, 0.3) is 5.91 Å². The zero-order valence-electron chi connectivity index (χ0n) is 8.72. The van der Waals surface area contributed by atoms with Gasteiger partial charge in [-0.05, 0) is 18.4 Å². The van der Waals surface area contributed by atoms with Crippen LogP contribution in [-0.2, 0) is 0 Å². The lowest BCUT2D eigenvalue weighted by atomic mass is 10.2. The molecule has 3 nitrogen and oxygen atoms in total. The molecule has 0 spiro atoms. The van der Waals surface area contributed by atoms with Gasteiger partial charge in [0.1, 0.15) is 0 Å². The van der Waals surface area contributed by atoms with Crippen LogP contribution in [0.1, 0.15) is 10.4 Å². The monoisotopic (exact) mass is 278 g/mol. The minimum Gasteiger partial charge on any atom is -0.399 e. The Bertz CT molecular complexity index is 399. The number of amides is 1. The number of nitrogens with two attached hydrogens (primary N) is 1. The van der Waals surface area contributed by atoms with E-state index in [4.69, 9.17) is 28.9 Å². The van der Waals surface area contributed by atoms with Crippen molar-refractivity contribution in [3.63, 3.8) is 0 Å². The SMILES string of the molecule is CSCCNC(=O)c1cc(N)cc(Cl)c1Cl. The molecule has 0 atom stereocenters. The van der Waals surface area contributed by atoms with Gasteiger partial charge in [-0.1, -0.05) is 23.2 Å². The Balaban J connectivity index is 2.82. The summed E-state index contributed by atoms with van der Waals surface area (Å²) < 4.78 is 0. The number of thioether (sulfide) groups is 1. The molecule has 0 heterocycles. The van der Waals surface area contributed by atoms with Crippen molar-refractivity contribution in [3.05, 3.63) is 27.7 Å². The first-order valence-corrected chi connectivity index (χ1v) is 6.73. The largest absolute Gasteiger partial charge is 0.399 e. The summed E-state index contributed by atoms with van der Waals surface area (Å²) in [5.41, 5.74) is 6.33. The van der Waals surface area contributed by atoms with E-state index in [9.17, 15) is 4.79 Å². The van der Waals surface area contributed by atoms with Crippen molar-refractivity contribution in [2.45, 2.75) is 0 Å². The Hall–Kier alpha value is -0.580. The number of nitrogens with one attached hydrogen (secondary N) is 1. The normalized spacial score (nSPS) is 10.2. The minimum atomic E-state index is -0.256. The lowest BCUT2D eigenvalue weighted by Crippen LogP contribution is -2.26. The average molecular weight is 279 g/mol. The van der Waals surface area contributed by atoms with E-state index < -0.39 is 0 Å². The second kappa shape index (κ2) is 6.23. The number of halogens is 2. The molecule has 1 aromatic rings. The van der Waals surface area contributed by atoms with Gasteiger partial charge in [0.05, 0.1) is 15.6 Å². The lowest BCUT2D eigenvalue weighted by molar-refractivity contribution is 0.0956. The van der Waals surface area contributed by atoms with Gasteiger partial charge in [-0.2, -0.15) is 11.8 Å². The molecule has 0 fully saturated rings. The smallest absolute Gasteiger partial charge is 0.252 e. The molecule has 6 heteroatoms. The summed E-state index contributed by atoms with van der Waals surface area (Å²) in [6.07, 6.45) is 1.97. The van der Waals surface area contributed by atoms with E-state index in [1.54, 1.807) is 11.8 Å². The van der Waals surface area contributed by atoms with Crippen molar-refractivity contribution in [1.82, 2.24) is 5.32 Å². The summed E-state index contributed by atoms with van der Waals surface area (Å²) in [4.78, 5) is 11.7. The van der Waals surface area contributed by atoms with Gasteiger partial charge in [-0.25, -0.2) is 0 Å². The van der Waals surface area contributed by atoms with Crippen LogP contribution in [0, 0.1) is 0 Å². The number of hydrogen-bond donors (Lipinski definition) is 2. The van der Waals surface area contributed by atoms with E-state index in [-0.39, 0.29) is 16.0 Å². The zero-order chi connectivity index (χ0) is 12.1. The molecule has 0 saturated heterocycles. The predicted octanol–water partition coefficient (Wildman–Crippen LogP) is 2.67. The van der Waals surface area contributed by atoms with Gasteiger partial charge in [-0.15, -0.1) is 0 Å². The summed E-state index contributed by atoms with van der Waals surface area (Å²) in [7, 11) is 0. The maximum atomic E-state index is 11.7. The van der Waals surface area contributed by atoms with Crippen LogP contribution in [0.5, 0.6) is 0 Å². The molecule has 1 amide bonds. The second-order valence-electron chi connectivity index (χ2n) is 3.11. The highest BCUT2D eigenvalue weighted by Crippen LogP contribution is 2.28. The highest BCUT2D eigenvalue weighted by Gasteiger charge is 2.13. The van der Waals surface area contributed by atoms with Gasteiger partial charge in [-0.3, -0.25) is 4.79 Å². The molecular formula is C10H12Cl2N2OS. The molecular weight excluding hydrogens is 267 g/mol. The molecule has 0 radical (unpaired) electrons. The standard InChI is InChI=1S/C10H12Cl2N2OS/c1-16-3-2-14-10(15)7-4-6(13)5-8(11)9(7)12/h4-5H,2-3,13H2,1H3,(H,14,15). The Morgan fingerprint density at radius 2 is 2.19 bits per heavy atom. The second-order valence-corrected chi connectivity index (χ2v) is 4.88. The maximum absolute atomic E-state index is 11.7.